The van der Waals surface area contributed by atoms with Gasteiger partial charge in [-0.25, -0.2) is 4.79 Å². The number of carbonyl (C=O) groups excluding carboxylic acids is 1. The van der Waals surface area contributed by atoms with Crippen molar-refractivity contribution in [2.45, 2.75) is 24.6 Å². The molecule has 2 aliphatic rings. The third-order valence-corrected chi connectivity index (χ3v) is 3.95. The van der Waals surface area contributed by atoms with E-state index in [2.05, 4.69) is 0 Å². The van der Waals surface area contributed by atoms with Crippen molar-refractivity contribution in [3.63, 3.8) is 0 Å². The highest BCUT2D eigenvalue weighted by molar-refractivity contribution is 5.84. The molecule has 0 N–H and O–H groups in total. The number of carbonyl (C=O) groups is 1. The molecule has 0 aromatic carbocycles. The van der Waals surface area contributed by atoms with Crippen molar-refractivity contribution >= 4 is 17.7 Å². The van der Waals surface area contributed by atoms with Gasteiger partial charge in [-0.2, -0.15) is 0 Å². The molecule has 0 unspecified atom stereocenters. The SMILES string of the molecule is O=C1C=C[C@@]2(C[C@H](c3ccc([N+](=O)[O-])o3)O[C@H](c3ccc([N+](=O)[O-])o3)O2)O1. The van der Waals surface area contributed by atoms with E-state index in [0.717, 1.165) is 18.2 Å². The Labute approximate surface area is 149 Å². The first kappa shape index (κ1) is 16.9. The van der Waals surface area contributed by atoms with Crippen LogP contribution in [0.2, 0.25) is 0 Å². The van der Waals surface area contributed by atoms with Gasteiger partial charge in [0, 0.05) is 6.08 Å². The van der Waals surface area contributed by atoms with Crippen LogP contribution in [0.3, 0.4) is 0 Å². The molecule has 3 atom stereocenters. The van der Waals surface area contributed by atoms with Gasteiger partial charge in [0.15, 0.2) is 5.76 Å². The highest BCUT2D eigenvalue weighted by Gasteiger charge is 2.49. The van der Waals surface area contributed by atoms with Crippen molar-refractivity contribution in [3.05, 3.63) is 68.2 Å². The van der Waals surface area contributed by atoms with E-state index in [9.17, 15) is 25.0 Å². The van der Waals surface area contributed by atoms with Crippen molar-refractivity contribution in [2.75, 3.05) is 0 Å². The Kier molecular flexibility index (Phi) is 3.78. The first-order chi connectivity index (χ1) is 12.8. The van der Waals surface area contributed by atoms with Gasteiger partial charge in [-0.1, -0.05) is 0 Å². The van der Waals surface area contributed by atoms with Crippen molar-refractivity contribution in [2.24, 2.45) is 0 Å². The molecule has 140 valence electrons. The van der Waals surface area contributed by atoms with Crippen LogP contribution in [0.25, 0.3) is 0 Å². The maximum atomic E-state index is 11.5. The predicted octanol–water partition coefficient (Wildman–Crippen LogP) is 2.68. The molecule has 4 rings (SSSR count). The van der Waals surface area contributed by atoms with Gasteiger partial charge in [-0.3, -0.25) is 25.0 Å². The van der Waals surface area contributed by atoms with Crippen LogP contribution >= 0.6 is 0 Å². The number of esters is 1. The number of nitrogens with zero attached hydrogens (tertiary/aromatic N) is 2. The van der Waals surface area contributed by atoms with Crippen LogP contribution in [0.1, 0.15) is 30.3 Å². The minimum absolute atomic E-state index is 0.0387. The second kappa shape index (κ2) is 6.03. The number of nitro groups is 2. The summed E-state index contributed by atoms with van der Waals surface area (Å²) in [4.78, 5) is 31.7. The molecule has 1 fully saturated rings. The van der Waals surface area contributed by atoms with E-state index in [-0.39, 0.29) is 17.9 Å². The number of furan rings is 2. The summed E-state index contributed by atoms with van der Waals surface area (Å²) >= 11 is 0. The van der Waals surface area contributed by atoms with Gasteiger partial charge in [-0.15, -0.1) is 0 Å². The molecule has 2 aromatic rings. The molecular weight excluding hydrogens is 368 g/mol. The summed E-state index contributed by atoms with van der Waals surface area (Å²) in [5.41, 5.74) is 0. The first-order valence-corrected chi connectivity index (χ1v) is 7.59. The van der Waals surface area contributed by atoms with Crippen molar-refractivity contribution in [1.82, 2.24) is 0 Å². The molecule has 4 heterocycles. The van der Waals surface area contributed by atoms with E-state index in [1.807, 2.05) is 0 Å². The van der Waals surface area contributed by atoms with Gasteiger partial charge in [0.25, 0.3) is 0 Å². The third kappa shape index (κ3) is 3.07. The molecule has 27 heavy (non-hydrogen) atoms. The smallest absolute Gasteiger partial charge is 0.426 e. The fraction of sp³-hybridized carbons (Fsp3) is 0.267. The zero-order chi connectivity index (χ0) is 19.2. The van der Waals surface area contributed by atoms with Crippen LogP contribution in [0.5, 0.6) is 0 Å². The average molecular weight is 378 g/mol. The summed E-state index contributed by atoms with van der Waals surface area (Å²) in [5.74, 6) is -3.12. The lowest BCUT2D eigenvalue weighted by Crippen LogP contribution is -2.41. The lowest BCUT2D eigenvalue weighted by Gasteiger charge is -2.38. The van der Waals surface area contributed by atoms with Gasteiger partial charge in [-0.05, 0) is 18.2 Å². The Morgan fingerprint density at radius 1 is 1.00 bits per heavy atom. The van der Waals surface area contributed by atoms with Crippen molar-refractivity contribution < 1.29 is 37.7 Å². The molecule has 0 radical (unpaired) electrons. The zero-order valence-corrected chi connectivity index (χ0v) is 13.3. The van der Waals surface area contributed by atoms with Crippen molar-refractivity contribution in [1.29, 1.82) is 0 Å². The molecule has 2 aromatic heterocycles. The maximum Gasteiger partial charge on any atom is 0.433 e. The highest BCUT2D eigenvalue weighted by Crippen LogP contribution is 2.46. The molecule has 1 saturated heterocycles. The second-order valence-corrected chi connectivity index (χ2v) is 5.71. The molecule has 0 bridgehead atoms. The number of hydrogen-bond acceptors (Lipinski definition) is 10. The van der Waals surface area contributed by atoms with E-state index in [4.69, 9.17) is 23.0 Å². The van der Waals surface area contributed by atoms with Crippen LogP contribution in [-0.4, -0.2) is 21.6 Å². The maximum absolute atomic E-state index is 11.5. The molecule has 0 aliphatic carbocycles. The quantitative estimate of drug-likeness (QED) is 0.440. The van der Waals surface area contributed by atoms with Crippen LogP contribution < -0.4 is 0 Å². The Morgan fingerprint density at radius 3 is 2.19 bits per heavy atom. The van der Waals surface area contributed by atoms with Gasteiger partial charge < -0.3 is 18.3 Å². The number of hydrogen-bond donors (Lipinski definition) is 0. The van der Waals surface area contributed by atoms with Gasteiger partial charge in [0.2, 0.25) is 12.1 Å². The number of ether oxygens (including phenoxy) is 3. The van der Waals surface area contributed by atoms with E-state index in [1.165, 1.54) is 18.2 Å². The van der Waals surface area contributed by atoms with Crippen LogP contribution in [0.4, 0.5) is 11.8 Å². The first-order valence-electron chi connectivity index (χ1n) is 7.59. The monoisotopic (exact) mass is 378 g/mol. The predicted molar refractivity (Wildman–Crippen MR) is 81.0 cm³/mol. The molecule has 0 amide bonds. The minimum atomic E-state index is -1.52. The van der Waals surface area contributed by atoms with Crippen LogP contribution in [-0.2, 0) is 19.0 Å². The van der Waals surface area contributed by atoms with E-state index in [1.54, 1.807) is 0 Å². The summed E-state index contributed by atoms with van der Waals surface area (Å²) in [6, 6.07) is 4.91. The van der Waals surface area contributed by atoms with E-state index >= 15 is 0 Å². The molecular formula is C15H10N2O10. The summed E-state index contributed by atoms with van der Waals surface area (Å²) < 4.78 is 26.8. The van der Waals surface area contributed by atoms with Gasteiger partial charge in [0.05, 0.1) is 18.6 Å². The fourth-order valence-electron chi connectivity index (χ4n) is 2.79. The summed E-state index contributed by atoms with van der Waals surface area (Å²) in [6.45, 7) is 0. The van der Waals surface area contributed by atoms with E-state index < -0.39 is 45.8 Å². The van der Waals surface area contributed by atoms with E-state index in [0.29, 0.717) is 0 Å². The Bertz CT molecular complexity index is 897. The third-order valence-electron chi connectivity index (χ3n) is 3.95. The normalized spacial score (nSPS) is 27.0. The Morgan fingerprint density at radius 2 is 1.63 bits per heavy atom. The lowest BCUT2D eigenvalue weighted by atomic mass is 10.0. The highest BCUT2D eigenvalue weighted by atomic mass is 16.8. The largest absolute Gasteiger partial charge is 0.433 e. The van der Waals surface area contributed by atoms with Crippen molar-refractivity contribution in [3.8, 4) is 0 Å². The fourth-order valence-corrected chi connectivity index (χ4v) is 2.79. The van der Waals surface area contributed by atoms with Gasteiger partial charge in [0.1, 0.15) is 21.7 Å². The average Bonchev–Trinajstić information content (AvgIpc) is 3.34. The topological polar surface area (TPSA) is 157 Å². The minimum Gasteiger partial charge on any atom is -0.426 e. The van der Waals surface area contributed by atoms with Crippen LogP contribution in [0.15, 0.2) is 45.3 Å². The Hall–Kier alpha value is -3.51. The molecule has 2 aliphatic heterocycles. The molecule has 0 saturated carbocycles. The summed E-state index contributed by atoms with van der Waals surface area (Å²) in [7, 11) is 0. The standard InChI is InChI=1S/C15H10N2O10/c18-13-5-6-15(26-13)7-10(8-1-3-11(23-8)16(19)20)25-14(27-15)9-2-4-12(24-9)17(21)22/h1-6,10,14H,7H2/t10-,14+,15-/m1/s1. The number of rotatable bonds is 4. The van der Waals surface area contributed by atoms with Crippen LogP contribution in [0, 0.1) is 20.2 Å². The second-order valence-electron chi connectivity index (χ2n) is 5.71. The summed E-state index contributed by atoms with van der Waals surface area (Å²) in [6.07, 6.45) is 0.301. The summed E-state index contributed by atoms with van der Waals surface area (Å²) in [5, 5.41) is 21.6. The molecule has 12 heteroatoms. The van der Waals surface area contributed by atoms with Gasteiger partial charge >= 0.3 is 17.7 Å². The molecule has 1 spiro atoms. The molecule has 12 nitrogen and oxygen atoms in total. The zero-order valence-electron chi connectivity index (χ0n) is 13.3. The lowest BCUT2D eigenvalue weighted by molar-refractivity contribution is -0.405. The Balaban J connectivity index is 1.67.